The lowest BCUT2D eigenvalue weighted by atomic mass is 10.0. The Morgan fingerprint density at radius 2 is 1.81 bits per heavy atom. The Bertz CT molecular complexity index is 664. The first-order valence-electron chi connectivity index (χ1n) is 6.15. The van der Waals surface area contributed by atoms with Crippen LogP contribution in [-0.4, -0.2) is 6.61 Å². The first kappa shape index (κ1) is 16.2. The van der Waals surface area contributed by atoms with Gasteiger partial charge in [0.1, 0.15) is 5.75 Å². The normalized spacial score (nSPS) is 12.3. The number of benzene rings is 2. The van der Waals surface area contributed by atoms with Crippen molar-refractivity contribution in [1.29, 1.82) is 0 Å². The summed E-state index contributed by atoms with van der Waals surface area (Å²) in [5.41, 5.74) is 0.326. The minimum atomic E-state index is -1.54. The van der Waals surface area contributed by atoms with Gasteiger partial charge in [-0.1, -0.05) is 22.0 Å². The molecular formula is C15H11BrClF3O. The van der Waals surface area contributed by atoms with E-state index >= 15 is 0 Å². The van der Waals surface area contributed by atoms with E-state index in [0.717, 1.165) is 16.6 Å². The van der Waals surface area contributed by atoms with Gasteiger partial charge in [-0.15, -0.1) is 11.6 Å². The SMILES string of the molecule is CCOc1ccc(Br)cc1C(Cl)c1ccc(F)c(F)c1F. The second kappa shape index (κ2) is 6.71. The van der Waals surface area contributed by atoms with Gasteiger partial charge in [0.25, 0.3) is 0 Å². The number of hydrogen-bond donors (Lipinski definition) is 0. The summed E-state index contributed by atoms with van der Waals surface area (Å²) >= 11 is 9.53. The molecule has 0 aliphatic heterocycles. The average Bonchev–Trinajstić information content (AvgIpc) is 2.46. The van der Waals surface area contributed by atoms with Gasteiger partial charge in [0, 0.05) is 15.6 Å². The van der Waals surface area contributed by atoms with Crippen molar-refractivity contribution < 1.29 is 17.9 Å². The maximum Gasteiger partial charge on any atom is 0.194 e. The summed E-state index contributed by atoms with van der Waals surface area (Å²) in [5.74, 6) is -3.62. The van der Waals surface area contributed by atoms with Crippen molar-refractivity contribution in [2.75, 3.05) is 6.61 Å². The Kier molecular flexibility index (Phi) is 5.17. The maximum atomic E-state index is 13.9. The molecule has 0 amide bonds. The molecule has 0 fully saturated rings. The molecule has 21 heavy (non-hydrogen) atoms. The summed E-state index contributed by atoms with van der Waals surface area (Å²) in [6, 6.07) is 7.06. The second-order valence-corrected chi connectivity index (χ2v) is 5.59. The fraction of sp³-hybridized carbons (Fsp3) is 0.200. The molecule has 6 heteroatoms. The van der Waals surface area contributed by atoms with Crippen LogP contribution in [0.1, 0.15) is 23.4 Å². The van der Waals surface area contributed by atoms with Gasteiger partial charge in [0.15, 0.2) is 17.5 Å². The van der Waals surface area contributed by atoms with Gasteiger partial charge in [0.2, 0.25) is 0 Å². The highest BCUT2D eigenvalue weighted by molar-refractivity contribution is 9.10. The zero-order valence-electron chi connectivity index (χ0n) is 11.0. The fourth-order valence-corrected chi connectivity index (χ4v) is 2.63. The highest BCUT2D eigenvalue weighted by Gasteiger charge is 2.23. The van der Waals surface area contributed by atoms with E-state index < -0.39 is 22.8 Å². The van der Waals surface area contributed by atoms with Crippen LogP contribution in [0, 0.1) is 17.5 Å². The van der Waals surface area contributed by atoms with Crippen molar-refractivity contribution in [3.05, 3.63) is 63.4 Å². The summed E-state index contributed by atoms with van der Waals surface area (Å²) in [5, 5.41) is -1.00. The van der Waals surface area contributed by atoms with E-state index in [9.17, 15) is 13.2 Å². The van der Waals surface area contributed by atoms with Gasteiger partial charge in [-0.25, -0.2) is 13.2 Å². The molecule has 2 aromatic rings. The Balaban J connectivity index is 2.51. The van der Waals surface area contributed by atoms with Crippen LogP contribution in [0.4, 0.5) is 13.2 Å². The number of hydrogen-bond acceptors (Lipinski definition) is 1. The molecule has 0 bridgehead atoms. The van der Waals surface area contributed by atoms with Crippen LogP contribution in [0.3, 0.4) is 0 Å². The maximum absolute atomic E-state index is 13.9. The fourth-order valence-electron chi connectivity index (χ4n) is 1.91. The molecule has 112 valence electrons. The topological polar surface area (TPSA) is 9.23 Å². The zero-order chi connectivity index (χ0) is 15.6. The number of ether oxygens (including phenoxy) is 1. The monoisotopic (exact) mass is 378 g/mol. The van der Waals surface area contributed by atoms with Gasteiger partial charge < -0.3 is 4.74 Å². The van der Waals surface area contributed by atoms with Crippen LogP contribution in [0.25, 0.3) is 0 Å². The largest absolute Gasteiger partial charge is 0.494 e. The minimum absolute atomic E-state index is 0.144. The standard InChI is InChI=1S/C15H11BrClF3O/c1-2-21-12-6-3-8(16)7-10(12)13(17)9-4-5-11(18)15(20)14(9)19/h3-7,13H,2H2,1H3. The molecule has 0 aliphatic rings. The van der Waals surface area contributed by atoms with Crippen LogP contribution in [0.2, 0.25) is 0 Å². The summed E-state index contributed by atoms with van der Waals surface area (Å²) in [4.78, 5) is 0. The van der Waals surface area contributed by atoms with E-state index in [1.54, 1.807) is 25.1 Å². The molecule has 0 radical (unpaired) electrons. The Hall–Kier alpha value is -1.20. The van der Waals surface area contributed by atoms with Crippen LogP contribution >= 0.6 is 27.5 Å². The zero-order valence-corrected chi connectivity index (χ0v) is 13.3. The van der Waals surface area contributed by atoms with E-state index in [-0.39, 0.29) is 5.56 Å². The van der Waals surface area contributed by atoms with E-state index in [1.165, 1.54) is 0 Å². The molecule has 0 spiro atoms. The van der Waals surface area contributed by atoms with Crippen molar-refractivity contribution in [3.8, 4) is 5.75 Å². The highest BCUT2D eigenvalue weighted by Crippen LogP contribution is 2.38. The van der Waals surface area contributed by atoms with Crippen LogP contribution in [0.15, 0.2) is 34.8 Å². The molecule has 0 saturated heterocycles. The van der Waals surface area contributed by atoms with Gasteiger partial charge in [-0.05, 0) is 31.2 Å². The quantitative estimate of drug-likeness (QED) is 0.497. The molecule has 1 unspecified atom stereocenters. The Morgan fingerprint density at radius 3 is 2.48 bits per heavy atom. The third kappa shape index (κ3) is 3.35. The number of alkyl halides is 1. The van der Waals surface area contributed by atoms with Crippen LogP contribution in [0.5, 0.6) is 5.75 Å². The molecule has 0 heterocycles. The van der Waals surface area contributed by atoms with Gasteiger partial charge >= 0.3 is 0 Å². The predicted octanol–water partition coefficient (Wildman–Crippen LogP) is 5.59. The lowest BCUT2D eigenvalue weighted by molar-refractivity contribution is 0.336. The van der Waals surface area contributed by atoms with Crippen molar-refractivity contribution in [3.63, 3.8) is 0 Å². The molecule has 2 rings (SSSR count). The smallest absolute Gasteiger partial charge is 0.194 e. The third-order valence-electron chi connectivity index (χ3n) is 2.88. The first-order chi connectivity index (χ1) is 9.95. The first-order valence-corrected chi connectivity index (χ1v) is 7.38. The molecular weight excluding hydrogens is 369 g/mol. The summed E-state index contributed by atoms with van der Waals surface area (Å²) in [7, 11) is 0. The molecule has 1 atom stereocenters. The average molecular weight is 380 g/mol. The van der Waals surface area contributed by atoms with E-state index in [0.29, 0.717) is 17.9 Å². The molecule has 2 aromatic carbocycles. The van der Waals surface area contributed by atoms with Gasteiger partial charge in [-0.3, -0.25) is 0 Å². The minimum Gasteiger partial charge on any atom is -0.494 e. The Morgan fingerprint density at radius 1 is 1.10 bits per heavy atom. The van der Waals surface area contributed by atoms with Crippen LogP contribution < -0.4 is 4.74 Å². The van der Waals surface area contributed by atoms with Crippen molar-refractivity contribution in [2.45, 2.75) is 12.3 Å². The van der Waals surface area contributed by atoms with E-state index in [2.05, 4.69) is 15.9 Å². The molecule has 0 aliphatic carbocycles. The lowest BCUT2D eigenvalue weighted by Crippen LogP contribution is -2.04. The van der Waals surface area contributed by atoms with Crippen LogP contribution in [-0.2, 0) is 0 Å². The van der Waals surface area contributed by atoms with Crippen molar-refractivity contribution in [2.24, 2.45) is 0 Å². The Labute approximate surface area is 133 Å². The number of halogens is 5. The second-order valence-electron chi connectivity index (χ2n) is 4.24. The summed E-state index contributed by atoms with van der Waals surface area (Å²) in [6.45, 7) is 2.20. The van der Waals surface area contributed by atoms with E-state index in [4.69, 9.17) is 16.3 Å². The van der Waals surface area contributed by atoms with Crippen molar-refractivity contribution in [1.82, 2.24) is 0 Å². The van der Waals surface area contributed by atoms with Gasteiger partial charge in [0.05, 0.1) is 12.0 Å². The summed E-state index contributed by atoms with van der Waals surface area (Å²) in [6.07, 6.45) is 0. The van der Waals surface area contributed by atoms with E-state index in [1.807, 2.05) is 0 Å². The van der Waals surface area contributed by atoms with Gasteiger partial charge in [-0.2, -0.15) is 0 Å². The summed E-state index contributed by atoms with van der Waals surface area (Å²) < 4.78 is 46.4. The molecule has 0 saturated carbocycles. The number of rotatable bonds is 4. The molecule has 0 N–H and O–H groups in total. The highest BCUT2D eigenvalue weighted by atomic mass is 79.9. The molecule has 0 aromatic heterocycles. The van der Waals surface area contributed by atoms with Crippen molar-refractivity contribution >= 4 is 27.5 Å². The third-order valence-corrected chi connectivity index (χ3v) is 3.85. The molecule has 1 nitrogen and oxygen atoms in total. The lowest BCUT2D eigenvalue weighted by Gasteiger charge is -2.16. The predicted molar refractivity (Wildman–Crippen MR) is 79.3 cm³/mol.